The lowest BCUT2D eigenvalue weighted by Crippen LogP contribution is -2.38. The maximum Gasteiger partial charge on any atom is 0.287 e. The summed E-state index contributed by atoms with van der Waals surface area (Å²) in [7, 11) is 1.72. The van der Waals surface area contributed by atoms with Gasteiger partial charge in [0.15, 0.2) is 17.5 Å². The SMILES string of the molecule is CCC(CC)c1cc(CNC(=NC)NCCCNC(=O)c2occc2C)on1.I. The van der Waals surface area contributed by atoms with Crippen molar-refractivity contribution in [2.24, 2.45) is 4.99 Å². The first kappa shape index (κ1) is 25.0. The number of carbonyl (C=O) groups excluding carboxylic acids is 1. The van der Waals surface area contributed by atoms with E-state index in [0.717, 1.165) is 36.3 Å². The molecule has 1 amide bonds. The van der Waals surface area contributed by atoms with Crippen molar-refractivity contribution in [2.45, 2.75) is 52.5 Å². The van der Waals surface area contributed by atoms with Gasteiger partial charge in [0.05, 0.1) is 18.5 Å². The minimum Gasteiger partial charge on any atom is -0.459 e. The molecule has 2 aromatic heterocycles. The molecule has 0 aliphatic carbocycles. The summed E-state index contributed by atoms with van der Waals surface area (Å²) >= 11 is 0. The lowest BCUT2D eigenvalue weighted by Gasteiger charge is -2.11. The lowest BCUT2D eigenvalue weighted by atomic mass is 9.99. The maximum absolute atomic E-state index is 12.0. The predicted molar refractivity (Wildman–Crippen MR) is 124 cm³/mol. The second-order valence-electron chi connectivity index (χ2n) is 6.63. The Hall–Kier alpha value is -2.04. The zero-order valence-corrected chi connectivity index (χ0v) is 19.9. The van der Waals surface area contributed by atoms with Crippen LogP contribution in [0.2, 0.25) is 0 Å². The number of nitrogens with one attached hydrogen (secondary N) is 3. The fourth-order valence-electron chi connectivity index (χ4n) is 2.89. The molecule has 3 N–H and O–H groups in total. The maximum atomic E-state index is 12.0. The second-order valence-corrected chi connectivity index (χ2v) is 6.63. The van der Waals surface area contributed by atoms with E-state index in [4.69, 9.17) is 8.94 Å². The molecular weight excluding hydrogens is 485 g/mol. The third-order valence-corrected chi connectivity index (χ3v) is 4.63. The van der Waals surface area contributed by atoms with Crippen molar-refractivity contribution in [3.05, 3.63) is 41.2 Å². The molecule has 162 valence electrons. The van der Waals surface area contributed by atoms with Crippen molar-refractivity contribution in [3.8, 4) is 0 Å². The summed E-state index contributed by atoms with van der Waals surface area (Å²) < 4.78 is 10.6. The Bertz CT molecular complexity index is 768. The number of aliphatic imine (C=N–C) groups is 1. The van der Waals surface area contributed by atoms with Gasteiger partial charge in [0.1, 0.15) is 0 Å². The molecule has 0 spiro atoms. The van der Waals surface area contributed by atoms with Crippen LogP contribution in [0.3, 0.4) is 0 Å². The summed E-state index contributed by atoms with van der Waals surface area (Å²) in [6.07, 6.45) is 4.38. The highest BCUT2D eigenvalue weighted by atomic mass is 127. The highest BCUT2D eigenvalue weighted by Gasteiger charge is 2.13. The first-order chi connectivity index (χ1) is 13.6. The predicted octanol–water partition coefficient (Wildman–Crippen LogP) is 3.58. The highest BCUT2D eigenvalue weighted by Crippen LogP contribution is 2.22. The quantitative estimate of drug-likeness (QED) is 0.193. The van der Waals surface area contributed by atoms with Crippen molar-refractivity contribution in [2.75, 3.05) is 20.1 Å². The molecule has 0 aliphatic heterocycles. The summed E-state index contributed by atoms with van der Waals surface area (Å²) in [6.45, 7) is 7.89. The summed E-state index contributed by atoms with van der Waals surface area (Å²) in [5.74, 6) is 2.07. The number of furan rings is 1. The Balaban J connectivity index is 0.00000420. The van der Waals surface area contributed by atoms with E-state index in [1.807, 2.05) is 13.0 Å². The topological polar surface area (TPSA) is 105 Å². The molecule has 8 nitrogen and oxygen atoms in total. The Kier molecular flexibility index (Phi) is 11.4. The molecule has 2 rings (SSSR count). The number of amides is 1. The van der Waals surface area contributed by atoms with Crippen LogP contribution in [0.1, 0.15) is 66.6 Å². The Morgan fingerprint density at radius 1 is 1.21 bits per heavy atom. The molecular formula is C20H32IN5O3. The molecule has 29 heavy (non-hydrogen) atoms. The fourth-order valence-corrected chi connectivity index (χ4v) is 2.89. The second kappa shape index (κ2) is 13.2. The van der Waals surface area contributed by atoms with Crippen molar-refractivity contribution >= 4 is 35.8 Å². The van der Waals surface area contributed by atoms with Crippen LogP contribution in [0.15, 0.2) is 32.3 Å². The Morgan fingerprint density at radius 2 is 1.93 bits per heavy atom. The number of carbonyl (C=O) groups is 1. The van der Waals surface area contributed by atoms with E-state index < -0.39 is 0 Å². The third kappa shape index (κ3) is 7.71. The lowest BCUT2D eigenvalue weighted by molar-refractivity contribution is 0.0925. The van der Waals surface area contributed by atoms with Gasteiger partial charge in [0.25, 0.3) is 5.91 Å². The number of guanidine groups is 1. The number of rotatable bonds is 10. The smallest absolute Gasteiger partial charge is 0.287 e. The van der Waals surface area contributed by atoms with Gasteiger partial charge in [-0.3, -0.25) is 9.79 Å². The van der Waals surface area contributed by atoms with Gasteiger partial charge in [-0.25, -0.2) is 0 Å². The largest absolute Gasteiger partial charge is 0.459 e. The summed E-state index contributed by atoms with van der Waals surface area (Å²) in [5, 5.41) is 13.4. The molecule has 0 unspecified atom stereocenters. The van der Waals surface area contributed by atoms with Crippen LogP contribution in [0.5, 0.6) is 0 Å². The number of aryl methyl sites for hydroxylation is 1. The normalized spacial score (nSPS) is 11.3. The van der Waals surface area contributed by atoms with E-state index in [9.17, 15) is 4.79 Å². The molecule has 0 aromatic carbocycles. The fraction of sp³-hybridized carbons (Fsp3) is 0.550. The van der Waals surface area contributed by atoms with Gasteiger partial charge >= 0.3 is 0 Å². The number of aromatic nitrogens is 1. The van der Waals surface area contributed by atoms with E-state index in [1.165, 1.54) is 6.26 Å². The van der Waals surface area contributed by atoms with E-state index in [1.54, 1.807) is 13.1 Å². The number of hydrogen-bond donors (Lipinski definition) is 3. The first-order valence-corrected chi connectivity index (χ1v) is 9.81. The standard InChI is InChI=1S/C20H31N5O3.HI/c1-5-15(6-2)17-12-16(28-25-17)13-24-20(21-4)23-10-7-9-22-19(26)18-14(3)8-11-27-18;/h8,11-12,15H,5-7,9-10,13H2,1-4H3,(H,22,26)(H2,21,23,24);1H. The van der Waals surface area contributed by atoms with Gasteiger partial charge in [-0.15, -0.1) is 24.0 Å². The van der Waals surface area contributed by atoms with E-state index >= 15 is 0 Å². The molecule has 0 saturated carbocycles. The van der Waals surface area contributed by atoms with E-state index in [-0.39, 0.29) is 29.9 Å². The average Bonchev–Trinajstić information content (AvgIpc) is 3.34. The van der Waals surface area contributed by atoms with Crippen LogP contribution in [-0.2, 0) is 6.54 Å². The van der Waals surface area contributed by atoms with Gasteiger partial charge < -0.3 is 24.9 Å². The molecule has 0 radical (unpaired) electrons. The summed E-state index contributed by atoms with van der Waals surface area (Å²) in [4.78, 5) is 16.1. The molecule has 2 aromatic rings. The molecule has 0 atom stereocenters. The van der Waals surface area contributed by atoms with E-state index in [2.05, 4.69) is 39.9 Å². The number of halogens is 1. The van der Waals surface area contributed by atoms with Gasteiger partial charge in [-0.05, 0) is 32.3 Å². The zero-order valence-electron chi connectivity index (χ0n) is 17.6. The van der Waals surface area contributed by atoms with Crippen LogP contribution in [-0.4, -0.2) is 37.2 Å². The minimum absolute atomic E-state index is 0. The van der Waals surface area contributed by atoms with Crippen molar-refractivity contribution < 1.29 is 13.7 Å². The van der Waals surface area contributed by atoms with Gasteiger partial charge in [0.2, 0.25) is 0 Å². The molecule has 0 aliphatic rings. The average molecular weight is 517 g/mol. The van der Waals surface area contributed by atoms with Crippen LogP contribution < -0.4 is 16.0 Å². The number of hydrogen-bond acceptors (Lipinski definition) is 5. The van der Waals surface area contributed by atoms with Crippen LogP contribution in [0.25, 0.3) is 0 Å². The summed E-state index contributed by atoms with van der Waals surface area (Å²) in [5.41, 5.74) is 1.84. The molecule has 0 fully saturated rings. The van der Waals surface area contributed by atoms with Gasteiger partial charge in [0, 0.05) is 37.7 Å². The van der Waals surface area contributed by atoms with Crippen molar-refractivity contribution in [1.29, 1.82) is 0 Å². The first-order valence-electron chi connectivity index (χ1n) is 9.81. The summed E-state index contributed by atoms with van der Waals surface area (Å²) in [6, 6.07) is 3.78. The van der Waals surface area contributed by atoms with Crippen LogP contribution in [0, 0.1) is 6.92 Å². The number of nitrogens with zero attached hydrogens (tertiary/aromatic N) is 2. The van der Waals surface area contributed by atoms with Crippen molar-refractivity contribution in [3.63, 3.8) is 0 Å². The third-order valence-electron chi connectivity index (χ3n) is 4.63. The molecule has 0 bridgehead atoms. The minimum atomic E-state index is -0.191. The van der Waals surface area contributed by atoms with Crippen molar-refractivity contribution in [1.82, 2.24) is 21.1 Å². The monoisotopic (exact) mass is 517 g/mol. The molecule has 9 heteroatoms. The zero-order chi connectivity index (χ0) is 20.4. The van der Waals surface area contributed by atoms with Gasteiger partial charge in [-0.2, -0.15) is 0 Å². The molecule has 2 heterocycles. The highest BCUT2D eigenvalue weighted by molar-refractivity contribution is 14.0. The Morgan fingerprint density at radius 3 is 2.55 bits per heavy atom. The van der Waals surface area contributed by atoms with Crippen LogP contribution >= 0.6 is 24.0 Å². The van der Waals surface area contributed by atoms with Gasteiger partial charge in [-0.1, -0.05) is 19.0 Å². The van der Waals surface area contributed by atoms with E-state index in [0.29, 0.717) is 37.3 Å². The molecule has 0 saturated heterocycles. The Labute approximate surface area is 189 Å². The van der Waals surface area contributed by atoms with Crippen LogP contribution in [0.4, 0.5) is 0 Å².